The molecule has 0 aliphatic heterocycles. The Labute approximate surface area is 210 Å². The van der Waals surface area contributed by atoms with Crippen LogP contribution in [0.15, 0.2) is 36.4 Å². The molecule has 0 amide bonds. The molecule has 35 heavy (non-hydrogen) atoms. The van der Waals surface area contributed by atoms with Crippen molar-refractivity contribution in [2.75, 3.05) is 68.5 Å². The minimum absolute atomic E-state index is 0.339. The third-order valence-electron chi connectivity index (χ3n) is 5.63. The average Bonchev–Trinajstić information content (AvgIpc) is 2.88. The van der Waals surface area contributed by atoms with E-state index in [0.29, 0.717) is 40.0 Å². The molecule has 0 aliphatic carbocycles. The molecule has 0 spiro atoms. The van der Waals surface area contributed by atoms with Crippen LogP contribution in [0, 0.1) is 0 Å². The largest absolute Gasteiger partial charge is 0.496 e. The molecule has 0 aromatic heterocycles. The van der Waals surface area contributed by atoms with E-state index in [1.54, 1.807) is 28.4 Å². The molecule has 0 N–H and O–H groups in total. The normalized spacial score (nSPS) is 11.1. The summed E-state index contributed by atoms with van der Waals surface area (Å²) in [5.74, 6) is 1.80. The van der Waals surface area contributed by atoms with Crippen molar-refractivity contribution < 1.29 is 33.2 Å². The highest BCUT2D eigenvalue weighted by Gasteiger charge is 2.08. The predicted octanol–water partition coefficient (Wildman–Crippen LogP) is 4.61. The molecule has 0 heterocycles. The van der Waals surface area contributed by atoms with Crippen molar-refractivity contribution in [1.82, 2.24) is 0 Å². The zero-order valence-corrected chi connectivity index (χ0v) is 21.8. The number of methoxy groups -OCH3 is 4. The van der Waals surface area contributed by atoms with Crippen LogP contribution in [0.25, 0.3) is 0 Å². The van der Waals surface area contributed by atoms with Crippen molar-refractivity contribution in [3.8, 4) is 11.5 Å². The first kappa shape index (κ1) is 29.1. The molecule has 0 radical (unpaired) electrons. The maximum atomic E-state index is 5.99. The Kier molecular flexibility index (Phi) is 15.1. The average molecular weight is 491 g/mol. The Bertz CT molecular complexity index is 757. The summed E-state index contributed by atoms with van der Waals surface area (Å²) < 4.78 is 37.7. The Morgan fingerprint density at radius 2 is 0.971 bits per heavy atom. The molecule has 0 unspecified atom stereocenters. The number of aryl methyl sites for hydroxylation is 2. The van der Waals surface area contributed by atoms with Crippen molar-refractivity contribution in [2.24, 2.45) is 0 Å². The Morgan fingerprint density at radius 3 is 1.37 bits per heavy atom. The number of benzene rings is 2. The van der Waals surface area contributed by atoms with Gasteiger partial charge in [0.1, 0.15) is 25.1 Å². The minimum Gasteiger partial charge on any atom is -0.496 e. The summed E-state index contributed by atoms with van der Waals surface area (Å²) in [6.45, 7) is 3.32. The van der Waals surface area contributed by atoms with Crippen LogP contribution in [0.5, 0.6) is 11.5 Å². The van der Waals surface area contributed by atoms with Crippen LogP contribution in [0.1, 0.15) is 35.1 Å². The van der Waals surface area contributed by atoms with E-state index in [1.165, 1.54) is 11.1 Å². The summed E-state index contributed by atoms with van der Waals surface area (Å²) in [7, 11) is 6.68. The summed E-state index contributed by atoms with van der Waals surface area (Å²) in [6, 6.07) is 12.7. The molecular weight excluding hydrogens is 448 g/mol. The van der Waals surface area contributed by atoms with E-state index < -0.39 is 0 Å². The van der Waals surface area contributed by atoms with Gasteiger partial charge in [0.25, 0.3) is 0 Å². The first-order valence-corrected chi connectivity index (χ1v) is 12.2. The van der Waals surface area contributed by atoms with Crippen LogP contribution in [0.3, 0.4) is 0 Å². The topological polar surface area (TPSA) is 64.6 Å². The van der Waals surface area contributed by atoms with E-state index >= 15 is 0 Å². The first-order valence-electron chi connectivity index (χ1n) is 12.2. The van der Waals surface area contributed by atoms with Crippen LogP contribution < -0.4 is 9.47 Å². The minimum atomic E-state index is 0.339. The Balaban J connectivity index is 1.79. The van der Waals surface area contributed by atoms with Crippen molar-refractivity contribution in [1.29, 1.82) is 0 Å². The van der Waals surface area contributed by atoms with E-state index in [-0.39, 0.29) is 0 Å². The highest BCUT2D eigenvalue weighted by atomic mass is 16.7. The van der Waals surface area contributed by atoms with Crippen LogP contribution in [0.4, 0.5) is 0 Å². The third-order valence-corrected chi connectivity index (χ3v) is 5.63. The fraction of sp³-hybridized carbons (Fsp3) is 0.571. The van der Waals surface area contributed by atoms with E-state index in [4.69, 9.17) is 33.2 Å². The van der Waals surface area contributed by atoms with E-state index in [0.717, 1.165) is 61.2 Å². The summed E-state index contributed by atoms with van der Waals surface area (Å²) in [5.41, 5.74) is 4.88. The second-order valence-electron chi connectivity index (χ2n) is 8.24. The SMILES string of the molecule is COCOCCCc1ccc(OC)c(CCOCCc2cc(CCCOCOC)ccc2OC)c1. The molecule has 2 aromatic rings. The molecule has 0 bridgehead atoms. The first-order chi connectivity index (χ1) is 17.2. The van der Waals surface area contributed by atoms with Gasteiger partial charge in [0.15, 0.2) is 0 Å². The van der Waals surface area contributed by atoms with Crippen LogP contribution in [0.2, 0.25) is 0 Å². The zero-order chi connectivity index (χ0) is 25.1. The van der Waals surface area contributed by atoms with Gasteiger partial charge in [0, 0.05) is 27.4 Å². The van der Waals surface area contributed by atoms with E-state index in [9.17, 15) is 0 Å². The van der Waals surface area contributed by atoms with Crippen molar-refractivity contribution in [3.63, 3.8) is 0 Å². The smallest absolute Gasteiger partial charge is 0.146 e. The zero-order valence-electron chi connectivity index (χ0n) is 21.8. The molecule has 0 saturated heterocycles. The van der Waals surface area contributed by atoms with Crippen molar-refractivity contribution in [2.45, 2.75) is 38.5 Å². The molecule has 7 nitrogen and oxygen atoms in total. The molecule has 0 aliphatic rings. The highest BCUT2D eigenvalue weighted by molar-refractivity contribution is 5.38. The van der Waals surface area contributed by atoms with Crippen LogP contribution in [-0.2, 0) is 49.4 Å². The van der Waals surface area contributed by atoms with Gasteiger partial charge in [0.05, 0.1) is 27.4 Å². The number of rotatable bonds is 20. The lowest BCUT2D eigenvalue weighted by Gasteiger charge is -2.13. The van der Waals surface area contributed by atoms with Crippen LogP contribution in [-0.4, -0.2) is 68.5 Å². The molecular formula is C28H42O7. The second-order valence-corrected chi connectivity index (χ2v) is 8.24. The number of hydrogen-bond acceptors (Lipinski definition) is 7. The summed E-state index contributed by atoms with van der Waals surface area (Å²) >= 11 is 0. The lowest BCUT2D eigenvalue weighted by molar-refractivity contribution is -0.0311. The summed E-state index contributed by atoms with van der Waals surface area (Å²) in [4.78, 5) is 0. The lowest BCUT2D eigenvalue weighted by atomic mass is 10.0. The van der Waals surface area contributed by atoms with Gasteiger partial charge in [-0.3, -0.25) is 0 Å². The van der Waals surface area contributed by atoms with Gasteiger partial charge in [0.2, 0.25) is 0 Å². The van der Waals surface area contributed by atoms with Gasteiger partial charge in [-0.15, -0.1) is 0 Å². The van der Waals surface area contributed by atoms with Gasteiger partial charge < -0.3 is 33.2 Å². The van der Waals surface area contributed by atoms with Gasteiger partial charge in [-0.1, -0.05) is 24.3 Å². The Morgan fingerprint density at radius 1 is 0.514 bits per heavy atom. The number of hydrogen-bond donors (Lipinski definition) is 0. The molecule has 2 rings (SSSR count). The molecule has 196 valence electrons. The maximum Gasteiger partial charge on any atom is 0.146 e. The van der Waals surface area contributed by atoms with E-state index in [1.807, 2.05) is 12.1 Å². The Hall–Kier alpha value is -2.16. The summed E-state index contributed by atoms with van der Waals surface area (Å²) in [5, 5.41) is 0. The lowest BCUT2D eigenvalue weighted by Crippen LogP contribution is -2.06. The molecule has 0 saturated carbocycles. The van der Waals surface area contributed by atoms with Gasteiger partial charge >= 0.3 is 0 Å². The van der Waals surface area contributed by atoms with Gasteiger partial charge in [-0.05, 0) is 72.9 Å². The van der Waals surface area contributed by atoms with Gasteiger partial charge in [-0.25, -0.2) is 0 Å². The standard InChI is InChI=1S/C28H42O7/c1-29-21-34-15-5-7-23-9-11-27(31-3)25(19-23)13-17-33-18-14-26-20-24(10-12-28(26)32-4)8-6-16-35-22-30-2/h9-12,19-20H,5-8,13-18,21-22H2,1-4H3. The van der Waals surface area contributed by atoms with Crippen molar-refractivity contribution in [3.05, 3.63) is 58.7 Å². The van der Waals surface area contributed by atoms with Gasteiger partial charge in [-0.2, -0.15) is 0 Å². The molecule has 0 atom stereocenters. The fourth-order valence-electron chi connectivity index (χ4n) is 3.87. The molecule has 7 heteroatoms. The fourth-order valence-corrected chi connectivity index (χ4v) is 3.87. The highest BCUT2D eigenvalue weighted by Crippen LogP contribution is 2.23. The van der Waals surface area contributed by atoms with E-state index in [2.05, 4.69) is 24.3 Å². The monoisotopic (exact) mass is 490 g/mol. The van der Waals surface area contributed by atoms with Crippen LogP contribution >= 0.6 is 0 Å². The van der Waals surface area contributed by atoms with Crippen molar-refractivity contribution >= 4 is 0 Å². The molecule has 0 fully saturated rings. The predicted molar refractivity (Wildman–Crippen MR) is 137 cm³/mol. The second kappa shape index (κ2) is 18.2. The summed E-state index contributed by atoms with van der Waals surface area (Å²) in [6.07, 6.45) is 5.41. The number of ether oxygens (including phenoxy) is 7. The quantitative estimate of drug-likeness (QED) is 0.198. The molecule has 2 aromatic carbocycles. The third kappa shape index (κ3) is 11.4. The maximum absolute atomic E-state index is 5.99.